The zero-order valence-corrected chi connectivity index (χ0v) is 12.5. The number of rotatable bonds is 3. The van der Waals surface area contributed by atoms with E-state index in [-0.39, 0.29) is 11.8 Å². The molecule has 0 aliphatic rings. The van der Waals surface area contributed by atoms with Crippen molar-refractivity contribution in [3.8, 4) is 0 Å². The normalized spacial score (nSPS) is 11.4. The van der Waals surface area contributed by atoms with Crippen molar-refractivity contribution >= 4 is 11.8 Å². The van der Waals surface area contributed by atoms with Crippen LogP contribution in [0.5, 0.6) is 0 Å². The third-order valence-electron chi connectivity index (χ3n) is 2.62. The van der Waals surface area contributed by atoms with Gasteiger partial charge in [0.15, 0.2) is 0 Å². The molecule has 0 saturated heterocycles. The molecule has 0 atom stereocenters. The van der Waals surface area contributed by atoms with E-state index in [2.05, 4.69) is 5.43 Å². The Morgan fingerprint density at radius 1 is 1.20 bits per heavy atom. The van der Waals surface area contributed by atoms with Crippen molar-refractivity contribution in [1.29, 1.82) is 0 Å². The monoisotopic (exact) mass is 274 g/mol. The smallest absolute Gasteiger partial charge is 0.268 e. The van der Waals surface area contributed by atoms with Crippen molar-refractivity contribution in [2.45, 2.75) is 39.7 Å². The van der Waals surface area contributed by atoms with E-state index in [1.54, 1.807) is 30.3 Å². The Balaban J connectivity index is 2.94. The molecule has 0 aromatic heterocycles. The first-order valence-electron chi connectivity index (χ1n) is 6.73. The summed E-state index contributed by atoms with van der Waals surface area (Å²) in [7, 11) is 0. The lowest BCUT2D eigenvalue weighted by Gasteiger charge is -2.35. The molecule has 4 heteroatoms. The number of nitrogens with zero attached hydrogens (tertiary/aromatic N) is 1. The summed E-state index contributed by atoms with van der Waals surface area (Å²) in [5, 5.41) is 1.37. The number of hydrogen-bond acceptors (Lipinski definition) is 2. The zero-order valence-electron chi connectivity index (χ0n) is 12.5. The van der Waals surface area contributed by atoms with Crippen LogP contribution in [0.15, 0.2) is 42.5 Å². The van der Waals surface area contributed by atoms with Gasteiger partial charge in [-0.3, -0.25) is 15.0 Å². The molecule has 0 fully saturated rings. The number of hydrazine groups is 1. The quantitative estimate of drug-likeness (QED) is 0.680. The van der Waals surface area contributed by atoms with E-state index in [0.29, 0.717) is 5.56 Å². The van der Waals surface area contributed by atoms with Gasteiger partial charge < -0.3 is 0 Å². The summed E-state index contributed by atoms with van der Waals surface area (Å²) in [5.41, 5.74) is 2.68. The van der Waals surface area contributed by atoms with Crippen LogP contribution < -0.4 is 5.43 Å². The molecule has 1 aromatic rings. The third-order valence-corrected chi connectivity index (χ3v) is 2.62. The van der Waals surface area contributed by atoms with Gasteiger partial charge >= 0.3 is 0 Å². The maximum atomic E-state index is 12.5. The van der Waals surface area contributed by atoms with Crippen LogP contribution in [-0.4, -0.2) is 22.4 Å². The van der Waals surface area contributed by atoms with Gasteiger partial charge in [-0.15, -0.1) is 0 Å². The Hall–Kier alpha value is -2.10. The first-order valence-corrected chi connectivity index (χ1v) is 6.73. The Bertz CT molecular complexity index is 487. The summed E-state index contributed by atoms with van der Waals surface area (Å²) < 4.78 is 0. The molecular formula is C16H22N2O2. The fourth-order valence-electron chi connectivity index (χ4n) is 1.61. The number of amides is 2. The molecule has 0 radical (unpaired) electrons. The predicted octanol–water partition coefficient (Wildman–Crippen LogP) is 2.92. The van der Waals surface area contributed by atoms with E-state index in [9.17, 15) is 9.59 Å². The molecule has 0 heterocycles. The summed E-state index contributed by atoms with van der Waals surface area (Å²) in [6.45, 7) is 7.56. The molecule has 108 valence electrons. The summed E-state index contributed by atoms with van der Waals surface area (Å²) >= 11 is 0. The van der Waals surface area contributed by atoms with E-state index in [1.165, 1.54) is 11.1 Å². The number of carbonyl (C=O) groups excluding carboxylic acids is 2. The van der Waals surface area contributed by atoms with E-state index in [0.717, 1.165) is 6.42 Å². The second-order valence-electron chi connectivity index (χ2n) is 5.46. The molecule has 0 aliphatic carbocycles. The molecule has 2 amide bonds. The molecule has 1 aromatic carbocycles. The van der Waals surface area contributed by atoms with E-state index < -0.39 is 5.54 Å². The lowest BCUT2D eigenvalue weighted by atomic mass is 10.1. The molecule has 1 N–H and O–H groups in total. The van der Waals surface area contributed by atoms with Crippen LogP contribution in [-0.2, 0) is 4.79 Å². The van der Waals surface area contributed by atoms with Crippen LogP contribution in [0.3, 0.4) is 0 Å². The van der Waals surface area contributed by atoms with Gasteiger partial charge in [0.2, 0.25) is 0 Å². The number of nitrogens with one attached hydrogen (secondary N) is 1. The molecule has 0 unspecified atom stereocenters. The van der Waals surface area contributed by atoms with Gasteiger partial charge in [0.05, 0.1) is 5.54 Å². The fourth-order valence-corrected chi connectivity index (χ4v) is 1.61. The van der Waals surface area contributed by atoms with Crippen LogP contribution in [0.1, 0.15) is 44.5 Å². The first kappa shape index (κ1) is 16.0. The van der Waals surface area contributed by atoms with Gasteiger partial charge in [0.25, 0.3) is 11.8 Å². The largest absolute Gasteiger partial charge is 0.272 e. The minimum atomic E-state index is -0.511. The second kappa shape index (κ2) is 6.89. The lowest BCUT2D eigenvalue weighted by Crippen LogP contribution is -2.55. The highest BCUT2D eigenvalue weighted by Crippen LogP contribution is 2.15. The molecule has 20 heavy (non-hydrogen) atoms. The Kier molecular flexibility index (Phi) is 5.50. The summed E-state index contributed by atoms with van der Waals surface area (Å²) in [6, 6.07) is 8.91. The molecule has 0 saturated carbocycles. The minimum absolute atomic E-state index is 0.226. The first-order chi connectivity index (χ1) is 9.36. The summed E-state index contributed by atoms with van der Waals surface area (Å²) in [6.07, 6.45) is 3.97. The summed E-state index contributed by atoms with van der Waals surface area (Å²) in [5.74, 6) is -0.526. The third kappa shape index (κ3) is 4.53. The molecule has 4 nitrogen and oxygen atoms in total. The highest BCUT2D eigenvalue weighted by Gasteiger charge is 2.28. The second-order valence-corrected chi connectivity index (χ2v) is 5.46. The standard InChI is InChI=1S/C16H22N2O2/c1-5-6-12-14(19)17-18(16(2,3)4)15(20)13-10-8-7-9-11-13/h6-12H,5H2,1-4H3,(H,17,19). The Morgan fingerprint density at radius 2 is 1.80 bits per heavy atom. The molecule has 0 aliphatic heterocycles. The molecular weight excluding hydrogens is 252 g/mol. The SMILES string of the molecule is CCC=CC(=O)NN(C(=O)c1ccccc1)C(C)(C)C. The topological polar surface area (TPSA) is 49.4 Å². The van der Waals surface area contributed by atoms with Crippen molar-refractivity contribution in [2.24, 2.45) is 0 Å². The van der Waals surface area contributed by atoms with Crippen molar-refractivity contribution in [3.05, 3.63) is 48.0 Å². The van der Waals surface area contributed by atoms with Crippen LogP contribution in [0, 0.1) is 0 Å². The molecule has 0 spiro atoms. The van der Waals surface area contributed by atoms with Crippen molar-refractivity contribution in [2.75, 3.05) is 0 Å². The van der Waals surface area contributed by atoms with Gasteiger partial charge in [-0.05, 0) is 39.3 Å². The predicted molar refractivity (Wildman–Crippen MR) is 79.9 cm³/mol. The molecule has 0 bridgehead atoms. The lowest BCUT2D eigenvalue weighted by molar-refractivity contribution is -0.122. The molecule has 1 rings (SSSR count). The maximum absolute atomic E-state index is 12.5. The number of hydrogen-bond donors (Lipinski definition) is 1. The van der Waals surface area contributed by atoms with Crippen LogP contribution in [0.2, 0.25) is 0 Å². The van der Waals surface area contributed by atoms with E-state index >= 15 is 0 Å². The Labute approximate surface area is 120 Å². The Morgan fingerprint density at radius 3 is 2.30 bits per heavy atom. The zero-order chi connectivity index (χ0) is 15.2. The number of benzene rings is 1. The number of carbonyl (C=O) groups is 2. The van der Waals surface area contributed by atoms with E-state index in [1.807, 2.05) is 33.8 Å². The highest BCUT2D eigenvalue weighted by molar-refractivity contribution is 5.97. The van der Waals surface area contributed by atoms with E-state index in [4.69, 9.17) is 0 Å². The number of allylic oxidation sites excluding steroid dienone is 1. The van der Waals surface area contributed by atoms with Crippen LogP contribution >= 0.6 is 0 Å². The fraction of sp³-hybridized carbons (Fsp3) is 0.375. The van der Waals surface area contributed by atoms with Gasteiger partial charge in [-0.1, -0.05) is 31.2 Å². The minimum Gasteiger partial charge on any atom is -0.268 e. The van der Waals surface area contributed by atoms with Crippen LogP contribution in [0.4, 0.5) is 0 Å². The van der Waals surface area contributed by atoms with Crippen LogP contribution in [0.25, 0.3) is 0 Å². The van der Waals surface area contributed by atoms with Gasteiger partial charge in [0.1, 0.15) is 0 Å². The van der Waals surface area contributed by atoms with Crippen molar-refractivity contribution < 1.29 is 9.59 Å². The average Bonchev–Trinajstić information content (AvgIpc) is 2.41. The van der Waals surface area contributed by atoms with Crippen molar-refractivity contribution in [3.63, 3.8) is 0 Å². The van der Waals surface area contributed by atoms with Gasteiger partial charge in [-0.25, -0.2) is 5.01 Å². The van der Waals surface area contributed by atoms with Gasteiger partial charge in [-0.2, -0.15) is 0 Å². The van der Waals surface area contributed by atoms with Gasteiger partial charge in [0, 0.05) is 11.6 Å². The maximum Gasteiger partial charge on any atom is 0.272 e. The average molecular weight is 274 g/mol. The summed E-state index contributed by atoms with van der Waals surface area (Å²) in [4.78, 5) is 24.3. The van der Waals surface area contributed by atoms with Crippen molar-refractivity contribution in [1.82, 2.24) is 10.4 Å². The highest BCUT2D eigenvalue weighted by atomic mass is 16.2.